The Kier molecular flexibility index (Phi) is 4.33. The SMILES string of the molecule is C=CC(=O)OC1(CCC)CCC(OC)C1. The molecule has 0 aliphatic heterocycles. The van der Waals surface area contributed by atoms with Crippen molar-refractivity contribution in [2.75, 3.05) is 7.11 Å². The molecule has 1 aliphatic carbocycles. The van der Waals surface area contributed by atoms with Crippen molar-refractivity contribution in [2.45, 2.75) is 50.7 Å². The molecule has 0 heterocycles. The van der Waals surface area contributed by atoms with Crippen LogP contribution in [0.4, 0.5) is 0 Å². The van der Waals surface area contributed by atoms with Gasteiger partial charge in [0, 0.05) is 19.6 Å². The second kappa shape index (κ2) is 5.31. The second-order valence-corrected chi connectivity index (χ2v) is 4.16. The van der Waals surface area contributed by atoms with Crippen molar-refractivity contribution in [1.82, 2.24) is 0 Å². The summed E-state index contributed by atoms with van der Waals surface area (Å²) in [5.74, 6) is -0.319. The minimum Gasteiger partial charge on any atom is -0.456 e. The van der Waals surface area contributed by atoms with Gasteiger partial charge in [-0.3, -0.25) is 0 Å². The molecule has 3 heteroatoms. The third-order valence-electron chi connectivity index (χ3n) is 3.04. The fourth-order valence-electron chi connectivity index (χ4n) is 2.33. The van der Waals surface area contributed by atoms with Crippen LogP contribution in [-0.4, -0.2) is 24.8 Å². The number of hydrogen-bond donors (Lipinski definition) is 0. The van der Waals surface area contributed by atoms with Crippen molar-refractivity contribution in [1.29, 1.82) is 0 Å². The average Bonchev–Trinajstić information content (AvgIpc) is 2.62. The largest absolute Gasteiger partial charge is 0.456 e. The summed E-state index contributed by atoms with van der Waals surface area (Å²) in [5.41, 5.74) is -0.305. The minimum absolute atomic E-state index is 0.231. The zero-order valence-corrected chi connectivity index (χ0v) is 9.62. The topological polar surface area (TPSA) is 35.5 Å². The van der Waals surface area contributed by atoms with E-state index < -0.39 is 0 Å². The van der Waals surface area contributed by atoms with E-state index in [1.54, 1.807) is 7.11 Å². The Morgan fingerprint density at radius 2 is 2.40 bits per heavy atom. The molecule has 0 N–H and O–H groups in total. The highest BCUT2D eigenvalue weighted by Gasteiger charge is 2.41. The van der Waals surface area contributed by atoms with Gasteiger partial charge in [-0.05, 0) is 19.3 Å². The van der Waals surface area contributed by atoms with Gasteiger partial charge in [-0.2, -0.15) is 0 Å². The van der Waals surface area contributed by atoms with E-state index in [4.69, 9.17) is 9.47 Å². The Morgan fingerprint density at radius 3 is 2.87 bits per heavy atom. The maximum absolute atomic E-state index is 11.3. The number of methoxy groups -OCH3 is 1. The first kappa shape index (κ1) is 12.2. The summed E-state index contributed by atoms with van der Waals surface area (Å²) in [6.45, 7) is 5.53. The molecule has 0 aromatic carbocycles. The Bertz CT molecular complexity index is 237. The molecule has 15 heavy (non-hydrogen) atoms. The van der Waals surface area contributed by atoms with E-state index in [1.807, 2.05) is 0 Å². The molecule has 0 aromatic heterocycles. The van der Waals surface area contributed by atoms with Gasteiger partial charge in [-0.1, -0.05) is 19.9 Å². The first-order valence-electron chi connectivity index (χ1n) is 5.54. The highest BCUT2D eigenvalue weighted by atomic mass is 16.6. The van der Waals surface area contributed by atoms with Gasteiger partial charge in [0.05, 0.1) is 6.10 Å². The summed E-state index contributed by atoms with van der Waals surface area (Å²) in [7, 11) is 1.71. The highest BCUT2D eigenvalue weighted by Crippen LogP contribution is 2.38. The molecule has 1 fully saturated rings. The summed E-state index contributed by atoms with van der Waals surface area (Å²) in [6, 6.07) is 0. The Morgan fingerprint density at radius 1 is 1.67 bits per heavy atom. The second-order valence-electron chi connectivity index (χ2n) is 4.16. The first-order chi connectivity index (χ1) is 7.15. The molecular formula is C12H20O3. The highest BCUT2D eigenvalue weighted by molar-refractivity contribution is 5.81. The molecule has 0 radical (unpaired) electrons. The van der Waals surface area contributed by atoms with E-state index in [1.165, 1.54) is 6.08 Å². The summed E-state index contributed by atoms with van der Waals surface area (Å²) in [6.07, 6.45) is 6.08. The van der Waals surface area contributed by atoms with E-state index in [9.17, 15) is 4.79 Å². The van der Waals surface area contributed by atoms with Crippen LogP contribution in [0.15, 0.2) is 12.7 Å². The lowest BCUT2D eigenvalue weighted by molar-refractivity contribution is -0.154. The summed E-state index contributed by atoms with van der Waals surface area (Å²) in [4.78, 5) is 11.3. The number of carbonyl (C=O) groups is 1. The molecule has 0 spiro atoms. The maximum atomic E-state index is 11.3. The van der Waals surface area contributed by atoms with Crippen molar-refractivity contribution in [3.05, 3.63) is 12.7 Å². The quantitative estimate of drug-likeness (QED) is 0.518. The van der Waals surface area contributed by atoms with Crippen LogP contribution in [0.5, 0.6) is 0 Å². The van der Waals surface area contributed by atoms with E-state index in [0.717, 1.165) is 32.1 Å². The molecule has 3 nitrogen and oxygen atoms in total. The van der Waals surface area contributed by atoms with Gasteiger partial charge in [0.1, 0.15) is 5.60 Å². The lowest BCUT2D eigenvalue weighted by Crippen LogP contribution is -2.32. The van der Waals surface area contributed by atoms with E-state index in [2.05, 4.69) is 13.5 Å². The van der Waals surface area contributed by atoms with Crippen LogP contribution in [-0.2, 0) is 14.3 Å². The van der Waals surface area contributed by atoms with Crippen LogP contribution < -0.4 is 0 Å². The number of hydrogen-bond acceptors (Lipinski definition) is 3. The predicted octanol–water partition coefficient (Wildman–Crippen LogP) is 2.45. The fourth-order valence-corrected chi connectivity index (χ4v) is 2.33. The Balaban J connectivity index is 2.63. The van der Waals surface area contributed by atoms with Gasteiger partial charge in [-0.25, -0.2) is 4.79 Å². The third kappa shape index (κ3) is 3.06. The van der Waals surface area contributed by atoms with Crippen LogP contribution in [0.3, 0.4) is 0 Å². The van der Waals surface area contributed by atoms with Crippen molar-refractivity contribution < 1.29 is 14.3 Å². The van der Waals surface area contributed by atoms with Gasteiger partial charge < -0.3 is 9.47 Å². The standard InChI is InChI=1S/C12H20O3/c1-4-7-12(15-11(13)5-2)8-6-10(9-12)14-3/h5,10H,2,4,6-9H2,1,3H3. The summed E-state index contributed by atoms with van der Waals surface area (Å²) in [5, 5.41) is 0. The van der Waals surface area contributed by atoms with E-state index >= 15 is 0 Å². The average molecular weight is 212 g/mol. The van der Waals surface area contributed by atoms with Gasteiger partial charge in [0.2, 0.25) is 0 Å². The van der Waals surface area contributed by atoms with Crippen LogP contribution in [0.1, 0.15) is 39.0 Å². The molecular weight excluding hydrogens is 192 g/mol. The fraction of sp³-hybridized carbons (Fsp3) is 0.750. The first-order valence-corrected chi connectivity index (χ1v) is 5.54. The predicted molar refractivity (Wildman–Crippen MR) is 58.6 cm³/mol. The maximum Gasteiger partial charge on any atom is 0.330 e. The molecule has 2 unspecified atom stereocenters. The minimum atomic E-state index is -0.319. The van der Waals surface area contributed by atoms with Gasteiger partial charge >= 0.3 is 5.97 Å². The van der Waals surface area contributed by atoms with Gasteiger partial charge in [-0.15, -0.1) is 0 Å². The normalized spacial score (nSPS) is 30.1. The van der Waals surface area contributed by atoms with Crippen molar-refractivity contribution in [3.8, 4) is 0 Å². The number of esters is 1. The Labute approximate surface area is 91.4 Å². The van der Waals surface area contributed by atoms with Crippen LogP contribution in [0.25, 0.3) is 0 Å². The number of ether oxygens (including phenoxy) is 2. The monoisotopic (exact) mass is 212 g/mol. The number of carbonyl (C=O) groups excluding carboxylic acids is 1. The smallest absolute Gasteiger partial charge is 0.330 e. The molecule has 0 amide bonds. The molecule has 1 saturated carbocycles. The van der Waals surface area contributed by atoms with Gasteiger partial charge in [0.15, 0.2) is 0 Å². The molecule has 0 bridgehead atoms. The third-order valence-corrected chi connectivity index (χ3v) is 3.04. The zero-order valence-electron chi connectivity index (χ0n) is 9.62. The summed E-state index contributed by atoms with van der Waals surface area (Å²) >= 11 is 0. The molecule has 0 saturated heterocycles. The van der Waals surface area contributed by atoms with Crippen molar-refractivity contribution >= 4 is 5.97 Å². The summed E-state index contributed by atoms with van der Waals surface area (Å²) < 4.78 is 10.8. The molecule has 86 valence electrons. The number of rotatable bonds is 5. The lowest BCUT2D eigenvalue weighted by Gasteiger charge is -2.28. The van der Waals surface area contributed by atoms with Crippen LogP contribution in [0, 0.1) is 0 Å². The van der Waals surface area contributed by atoms with Crippen molar-refractivity contribution in [3.63, 3.8) is 0 Å². The van der Waals surface area contributed by atoms with Crippen LogP contribution in [0.2, 0.25) is 0 Å². The van der Waals surface area contributed by atoms with Crippen molar-refractivity contribution in [2.24, 2.45) is 0 Å². The molecule has 2 atom stereocenters. The van der Waals surface area contributed by atoms with E-state index in [-0.39, 0.29) is 17.7 Å². The van der Waals surface area contributed by atoms with Crippen LogP contribution >= 0.6 is 0 Å². The van der Waals surface area contributed by atoms with Gasteiger partial charge in [0.25, 0.3) is 0 Å². The molecule has 0 aromatic rings. The van der Waals surface area contributed by atoms with E-state index in [0.29, 0.717) is 0 Å². The zero-order chi connectivity index (χ0) is 11.3. The molecule has 1 rings (SSSR count). The molecule has 1 aliphatic rings. The Hall–Kier alpha value is -0.830. The lowest BCUT2D eigenvalue weighted by atomic mass is 9.96.